The molecule has 6 aromatic rings. The molecule has 6 aromatic heterocycles. The van der Waals surface area contributed by atoms with Gasteiger partial charge in [-0.3, -0.25) is 15.1 Å². The van der Waals surface area contributed by atoms with Crippen LogP contribution < -0.4 is 4.90 Å². The van der Waals surface area contributed by atoms with Crippen LogP contribution in [0.1, 0.15) is 0 Å². The Morgan fingerprint density at radius 3 is 2.75 bits per heavy atom. The van der Waals surface area contributed by atoms with Gasteiger partial charge in [-0.1, -0.05) is 6.07 Å². The van der Waals surface area contributed by atoms with E-state index in [1.165, 1.54) is 10.4 Å². The van der Waals surface area contributed by atoms with Gasteiger partial charge in [0.15, 0.2) is 0 Å². The highest BCUT2D eigenvalue weighted by molar-refractivity contribution is 7.13. The van der Waals surface area contributed by atoms with E-state index in [9.17, 15) is 0 Å². The van der Waals surface area contributed by atoms with Crippen molar-refractivity contribution in [2.24, 2.45) is 0 Å². The van der Waals surface area contributed by atoms with E-state index in [-0.39, 0.29) is 0 Å². The molecule has 0 aliphatic rings. The molecule has 0 aliphatic carbocycles. The van der Waals surface area contributed by atoms with Gasteiger partial charge in [-0.2, -0.15) is 5.10 Å². The highest BCUT2D eigenvalue weighted by Gasteiger charge is 2.16. The molecular formula is C24H19N7S. The van der Waals surface area contributed by atoms with Gasteiger partial charge in [0.2, 0.25) is 0 Å². The van der Waals surface area contributed by atoms with Crippen molar-refractivity contribution in [3.05, 3.63) is 66.6 Å². The van der Waals surface area contributed by atoms with Gasteiger partial charge < -0.3 is 9.88 Å². The van der Waals surface area contributed by atoms with E-state index in [0.717, 1.165) is 50.3 Å². The molecule has 7 nitrogen and oxygen atoms in total. The average molecular weight is 438 g/mol. The van der Waals surface area contributed by atoms with Crippen molar-refractivity contribution in [1.29, 1.82) is 0 Å². The predicted molar refractivity (Wildman–Crippen MR) is 130 cm³/mol. The van der Waals surface area contributed by atoms with E-state index in [1.807, 2.05) is 43.8 Å². The summed E-state index contributed by atoms with van der Waals surface area (Å²) in [7, 11) is 4.00. The molecule has 0 bridgehead atoms. The van der Waals surface area contributed by atoms with E-state index in [1.54, 1.807) is 11.3 Å². The van der Waals surface area contributed by atoms with Gasteiger partial charge in [-0.05, 0) is 35.7 Å². The Hall–Kier alpha value is -4.04. The Balaban J connectivity index is 1.49. The quantitative estimate of drug-likeness (QED) is 0.388. The van der Waals surface area contributed by atoms with E-state index < -0.39 is 0 Å². The topological polar surface area (TPSA) is 86.4 Å². The molecule has 6 heterocycles. The molecule has 0 aliphatic heterocycles. The molecule has 0 fully saturated rings. The first-order valence-electron chi connectivity index (χ1n) is 10.2. The average Bonchev–Trinajstić information content (AvgIpc) is 3.57. The standard InChI is InChI=1S/C24H19N7S/c1-31(2)15-8-14(11-25-12-15)19-10-18-21(13-27-19)29-30-23(18)20-9-17-16(22-4-3-7-32-22)5-6-26-24(17)28-20/h3-13H,1-2H3,(H,26,28)(H,29,30). The zero-order valence-corrected chi connectivity index (χ0v) is 18.3. The normalized spacial score (nSPS) is 11.4. The summed E-state index contributed by atoms with van der Waals surface area (Å²) < 4.78 is 0. The fourth-order valence-electron chi connectivity index (χ4n) is 3.89. The Labute approximate surface area is 187 Å². The second kappa shape index (κ2) is 7.28. The van der Waals surface area contributed by atoms with Crippen molar-refractivity contribution < 1.29 is 0 Å². The Kier molecular flexibility index (Phi) is 4.26. The van der Waals surface area contributed by atoms with Crippen molar-refractivity contribution in [2.45, 2.75) is 0 Å². The minimum absolute atomic E-state index is 0.843. The van der Waals surface area contributed by atoms with Crippen LogP contribution in [0.15, 0.2) is 66.6 Å². The first-order valence-corrected chi connectivity index (χ1v) is 11.0. The largest absolute Gasteiger partial charge is 0.376 e. The molecule has 0 saturated carbocycles. The van der Waals surface area contributed by atoms with Crippen LogP contribution in [0.4, 0.5) is 5.69 Å². The summed E-state index contributed by atoms with van der Waals surface area (Å²) in [5.41, 5.74) is 7.50. The molecule has 32 heavy (non-hydrogen) atoms. The van der Waals surface area contributed by atoms with Crippen LogP contribution in [0.3, 0.4) is 0 Å². The number of pyridine rings is 3. The van der Waals surface area contributed by atoms with E-state index >= 15 is 0 Å². The number of nitrogens with zero attached hydrogens (tertiary/aromatic N) is 5. The third-order valence-electron chi connectivity index (χ3n) is 5.56. The Morgan fingerprint density at radius 2 is 1.91 bits per heavy atom. The molecule has 0 amide bonds. The summed E-state index contributed by atoms with van der Waals surface area (Å²) in [5.74, 6) is 0. The number of aromatic amines is 2. The van der Waals surface area contributed by atoms with Crippen molar-refractivity contribution in [1.82, 2.24) is 30.1 Å². The zero-order chi connectivity index (χ0) is 21.7. The number of hydrogen-bond donors (Lipinski definition) is 2. The lowest BCUT2D eigenvalue weighted by molar-refractivity contribution is 1.11. The van der Waals surface area contributed by atoms with Crippen LogP contribution in [-0.2, 0) is 0 Å². The Bertz CT molecular complexity index is 1560. The maximum atomic E-state index is 4.62. The molecule has 0 atom stereocenters. The van der Waals surface area contributed by atoms with E-state index in [0.29, 0.717) is 0 Å². The van der Waals surface area contributed by atoms with Crippen LogP contribution in [0, 0.1) is 0 Å². The predicted octanol–water partition coefficient (Wildman–Crippen LogP) is 5.36. The highest BCUT2D eigenvalue weighted by atomic mass is 32.1. The molecule has 0 aromatic carbocycles. The van der Waals surface area contributed by atoms with Crippen molar-refractivity contribution >= 4 is 39.0 Å². The molecular weight excluding hydrogens is 418 g/mol. The summed E-state index contributed by atoms with van der Waals surface area (Å²) in [6.07, 6.45) is 7.34. The number of aromatic nitrogens is 6. The van der Waals surface area contributed by atoms with Crippen LogP contribution in [0.5, 0.6) is 0 Å². The van der Waals surface area contributed by atoms with Crippen molar-refractivity contribution in [3.8, 4) is 33.1 Å². The molecule has 6 rings (SSSR count). The smallest absolute Gasteiger partial charge is 0.138 e. The van der Waals surface area contributed by atoms with Gasteiger partial charge in [0.05, 0.1) is 35.0 Å². The van der Waals surface area contributed by atoms with Gasteiger partial charge in [0.25, 0.3) is 0 Å². The SMILES string of the molecule is CN(C)c1cncc(-c2cc3c(-c4cc5c(-c6cccs6)ccnc5[nH]4)n[nH]c3cn2)c1. The molecule has 0 spiro atoms. The van der Waals surface area contributed by atoms with E-state index in [4.69, 9.17) is 0 Å². The van der Waals surface area contributed by atoms with Gasteiger partial charge in [-0.25, -0.2) is 4.98 Å². The zero-order valence-electron chi connectivity index (χ0n) is 17.5. The fourth-order valence-corrected chi connectivity index (χ4v) is 4.66. The number of H-pyrrole nitrogens is 2. The number of hydrogen-bond acceptors (Lipinski definition) is 6. The van der Waals surface area contributed by atoms with Gasteiger partial charge in [0.1, 0.15) is 11.3 Å². The first-order chi connectivity index (χ1) is 15.7. The molecule has 0 saturated heterocycles. The monoisotopic (exact) mass is 437 g/mol. The molecule has 0 radical (unpaired) electrons. The Morgan fingerprint density at radius 1 is 0.969 bits per heavy atom. The second-order valence-corrected chi connectivity index (χ2v) is 8.74. The highest BCUT2D eigenvalue weighted by Crippen LogP contribution is 2.35. The van der Waals surface area contributed by atoms with Crippen molar-refractivity contribution in [3.63, 3.8) is 0 Å². The maximum absolute atomic E-state index is 4.62. The third-order valence-corrected chi connectivity index (χ3v) is 6.46. The van der Waals surface area contributed by atoms with E-state index in [2.05, 4.69) is 71.9 Å². The molecule has 156 valence electrons. The van der Waals surface area contributed by atoms with Gasteiger partial charge in [-0.15, -0.1) is 11.3 Å². The lowest BCUT2D eigenvalue weighted by atomic mass is 10.1. The molecule has 0 unspecified atom stereocenters. The van der Waals surface area contributed by atoms with Crippen molar-refractivity contribution in [2.75, 3.05) is 19.0 Å². The molecule has 2 N–H and O–H groups in total. The number of nitrogens with one attached hydrogen (secondary N) is 2. The number of rotatable bonds is 4. The fraction of sp³-hybridized carbons (Fsp3) is 0.0833. The summed E-state index contributed by atoms with van der Waals surface area (Å²) in [5, 5.41) is 11.9. The van der Waals surface area contributed by atoms with Crippen LogP contribution in [0.25, 0.3) is 55.0 Å². The van der Waals surface area contributed by atoms with Crippen LogP contribution >= 0.6 is 11.3 Å². The lowest BCUT2D eigenvalue weighted by Crippen LogP contribution is -2.08. The van der Waals surface area contributed by atoms with Crippen LogP contribution in [-0.4, -0.2) is 44.2 Å². The summed E-state index contributed by atoms with van der Waals surface area (Å²) >= 11 is 1.72. The summed E-state index contributed by atoms with van der Waals surface area (Å²) in [6.45, 7) is 0. The number of thiophene rings is 1. The minimum atomic E-state index is 0.843. The van der Waals surface area contributed by atoms with Gasteiger partial charge in [0, 0.05) is 53.3 Å². The molecule has 8 heteroatoms. The van der Waals surface area contributed by atoms with Gasteiger partial charge >= 0.3 is 0 Å². The second-order valence-electron chi connectivity index (χ2n) is 7.79. The lowest BCUT2D eigenvalue weighted by Gasteiger charge is -2.12. The maximum Gasteiger partial charge on any atom is 0.138 e. The number of anilines is 1. The minimum Gasteiger partial charge on any atom is -0.376 e. The summed E-state index contributed by atoms with van der Waals surface area (Å²) in [6, 6.07) is 12.5. The summed E-state index contributed by atoms with van der Waals surface area (Å²) in [4.78, 5) is 20.2. The first kappa shape index (κ1) is 18.7. The van der Waals surface area contributed by atoms with Crippen LogP contribution in [0.2, 0.25) is 0 Å². The number of fused-ring (bicyclic) bond motifs is 2. The third kappa shape index (κ3) is 3.04.